The molecule has 5 nitrogen and oxygen atoms in total. The van der Waals surface area contributed by atoms with Crippen molar-refractivity contribution in [3.8, 4) is 0 Å². The maximum Gasteiger partial charge on any atom is 0.0950 e. The topological polar surface area (TPSA) is 59.3 Å². The average molecular weight is 241 g/mol. The molecule has 0 saturated carbocycles. The molecule has 1 heterocycles. The van der Waals surface area contributed by atoms with Crippen molar-refractivity contribution >= 4 is 0 Å². The van der Waals surface area contributed by atoms with Crippen molar-refractivity contribution in [3.63, 3.8) is 0 Å². The van der Waals surface area contributed by atoms with Gasteiger partial charge in [-0.2, -0.15) is 0 Å². The minimum Gasteiger partial charge on any atom is -0.394 e. The van der Waals surface area contributed by atoms with Crippen LogP contribution in [0, 0.1) is 5.92 Å². The quantitative estimate of drug-likeness (QED) is 0.623. The first-order valence-electron chi connectivity index (χ1n) is 6.12. The maximum absolute atomic E-state index is 8.56. The van der Waals surface area contributed by atoms with E-state index in [1.165, 1.54) is 0 Å². The largest absolute Gasteiger partial charge is 0.394 e. The van der Waals surface area contributed by atoms with E-state index < -0.39 is 0 Å². The second-order valence-electron chi connectivity index (χ2n) is 4.46. The van der Waals surface area contributed by atoms with Gasteiger partial charge in [0.05, 0.1) is 31.8 Å². The molecule has 0 radical (unpaired) electrons. The van der Waals surface area contributed by atoms with Crippen LogP contribution in [-0.2, 0) is 17.8 Å². The van der Waals surface area contributed by atoms with E-state index in [1.54, 1.807) is 0 Å². The van der Waals surface area contributed by atoms with Gasteiger partial charge < -0.3 is 19.7 Å². The first kappa shape index (κ1) is 14.2. The summed E-state index contributed by atoms with van der Waals surface area (Å²) in [7, 11) is 0. The molecular weight excluding hydrogens is 218 g/mol. The van der Waals surface area contributed by atoms with Gasteiger partial charge in [-0.1, -0.05) is 13.8 Å². The molecule has 0 saturated heterocycles. The van der Waals surface area contributed by atoms with Crippen molar-refractivity contribution in [2.24, 2.45) is 5.92 Å². The molecular formula is C12H23N3O2. The molecule has 0 unspecified atom stereocenters. The third-order valence-electron chi connectivity index (χ3n) is 2.27. The number of hydrogen-bond acceptors (Lipinski definition) is 4. The summed E-state index contributed by atoms with van der Waals surface area (Å²) in [6.45, 7) is 8.04. The first-order chi connectivity index (χ1) is 8.22. The van der Waals surface area contributed by atoms with E-state index in [0.717, 1.165) is 25.3 Å². The van der Waals surface area contributed by atoms with E-state index >= 15 is 0 Å². The normalized spacial score (nSPS) is 11.3. The van der Waals surface area contributed by atoms with Crippen molar-refractivity contribution in [1.82, 2.24) is 14.9 Å². The van der Waals surface area contributed by atoms with Crippen LogP contribution in [0.5, 0.6) is 0 Å². The van der Waals surface area contributed by atoms with Gasteiger partial charge in [0.1, 0.15) is 0 Å². The fourth-order valence-corrected chi connectivity index (χ4v) is 1.45. The van der Waals surface area contributed by atoms with Gasteiger partial charge in [-0.15, -0.1) is 0 Å². The Morgan fingerprint density at radius 2 is 2.29 bits per heavy atom. The van der Waals surface area contributed by atoms with Crippen LogP contribution < -0.4 is 5.32 Å². The van der Waals surface area contributed by atoms with Crippen molar-refractivity contribution in [2.45, 2.75) is 26.9 Å². The Balaban J connectivity index is 2.18. The molecule has 0 aliphatic heterocycles. The highest BCUT2D eigenvalue weighted by molar-refractivity contribution is 4.96. The van der Waals surface area contributed by atoms with E-state index in [1.807, 2.05) is 17.1 Å². The second-order valence-corrected chi connectivity index (χ2v) is 4.46. The lowest BCUT2D eigenvalue weighted by Crippen LogP contribution is -2.19. The Morgan fingerprint density at radius 3 is 3.00 bits per heavy atom. The zero-order valence-corrected chi connectivity index (χ0v) is 10.7. The SMILES string of the molecule is CC(C)CNCc1cn(CCOCCO)cn1. The van der Waals surface area contributed by atoms with E-state index in [2.05, 4.69) is 24.1 Å². The summed E-state index contributed by atoms with van der Waals surface area (Å²) in [4.78, 5) is 4.31. The zero-order valence-electron chi connectivity index (χ0n) is 10.7. The number of aliphatic hydroxyl groups excluding tert-OH is 1. The highest BCUT2D eigenvalue weighted by Crippen LogP contribution is 1.97. The lowest BCUT2D eigenvalue weighted by atomic mass is 10.2. The Kier molecular flexibility index (Phi) is 6.84. The summed E-state index contributed by atoms with van der Waals surface area (Å²) >= 11 is 0. The summed E-state index contributed by atoms with van der Waals surface area (Å²) in [5.74, 6) is 0.656. The summed E-state index contributed by atoms with van der Waals surface area (Å²) in [5.41, 5.74) is 1.05. The molecule has 0 bridgehead atoms. The smallest absolute Gasteiger partial charge is 0.0950 e. The molecule has 0 amide bonds. The van der Waals surface area contributed by atoms with E-state index in [-0.39, 0.29) is 6.61 Å². The predicted molar refractivity (Wildman–Crippen MR) is 66.7 cm³/mol. The van der Waals surface area contributed by atoms with Crippen LogP contribution in [0.15, 0.2) is 12.5 Å². The summed E-state index contributed by atoms with van der Waals surface area (Å²) in [6.07, 6.45) is 3.84. The molecule has 1 rings (SSSR count). The van der Waals surface area contributed by atoms with Gasteiger partial charge in [-0.25, -0.2) is 4.98 Å². The fourth-order valence-electron chi connectivity index (χ4n) is 1.45. The summed E-state index contributed by atoms with van der Waals surface area (Å²) in [5, 5.41) is 11.9. The third kappa shape index (κ3) is 6.41. The number of nitrogens with one attached hydrogen (secondary N) is 1. The van der Waals surface area contributed by atoms with Crippen molar-refractivity contribution in [1.29, 1.82) is 0 Å². The van der Waals surface area contributed by atoms with Crippen LogP contribution in [0.4, 0.5) is 0 Å². The van der Waals surface area contributed by atoms with Gasteiger partial charge in [-0.3, -0.25) is 0 Å². The van der Waals surface area contributed by atoms with Crippen LogP contribution in [0.25, 0.3) is 0 Å². The minimum atomic E-state index is 0.0777. The monoisotopic (exact) mass is 241 g/mol. The lowest BCUT2D eigenvalue weighted by molar-refractivity contribution is 0.0870. The fraction of sp³-hybridized carbons (Fsp3) is 0.750. The number of hydrogen-bond donors (Lipinski definition) is 2. The molecule has 2 N–H and O–H groups in total. The van der Waals surface area contributed by atoms with Gasteiger partial charge in [0.15, 0.2) is 0 Å². The van der Waals surface area contributed by atoms with E-state index in [4.69, 9.17) is 9.84 Å². The Labute approximate surface area is 103 Å². The number of aliphatic hydroxyl groups is 1. The Morgan fingerprint density at radius 1 is 1.47 bits per heavy atom. The minimum absolute atomic E-state index is 0.0777. The standard InChI is InChI=1S/C12H23N3O2/c1-11(2)7-13-8-12-9-15(10-14-12)3-5-17-6-4-16/h9-11,13,16H,3-8H2,1-2H3. The van der Waals surface area contributed by atoms with Crippen LogP contribution in [0.2, 0.25) is 0 Å². The molecule has 0 atom stereocenters. The van der Waals surface area contributed by atoms with Gasteiger partial charge in [0.25, 0.3) is 0 Å². The lowest BCUT2D eigenvalue weighted by Gasteiger charge is -2.05. The van der Waals surface area contributed by atoms with Gasteiger partial charge in [-0.05, 0) is 12.5 Å². The van der Waals surface area contributed by atoms with Crippen molar-refractivity contribution in [3.05, 3.63) is 18.2 Å². The summed E-state index contributed by atoms with van der Waals surface area (Å²) < 4.78 is 7.20. The molecule has 1 aromatic heterocycles. The molecule has 0 fully saturated rings. The zero-order chi connectivity index (χ0) is 12.5. The third-order valence-corrected chi connectivity index (χ3v) is 2.27. The highest BCUT2D eigenvalue weighted by atomic mass is 16.5. The molecule has 0 spiro atoms. The summed E-state index contributed by atoms with van der Waals surface area (Å²) in [6, 6.07) is 0. The molecule has 0 aliphatic rings. The number of aromatic nitrogens is 2. The average Bonchev–Trinajstić information content (AvgIpc) is 2.72. The molecule has 0 aliphatic carbocycles. The Bertz CT molecular complexity index is 300. The highest BCUT2D eigenvalue weighted by Gasteiger charge is 1.99. The second kappa shape index (κ2) is 8.22. The van der Waals surface area contributed by atoms with Crippen LogP contribution in [-0.4, -0.2) is 41.0 Å². The van der Waals surface area contributed by atoms with E-state index in [9.17, 15) is 0 Å². The van der Waals surface area contributed by atoms with Crippen LogP contribution in [0.3, 0.4) is 0 Å². The maximum atomic E-state index is 8.56. The number of imidazole rings is 1. The number of rotatable bonds is 9. The molecule has 98 valence electrons. The predicted octanol–water partition coefficient (Wildman–Crippen LogP) is 0.638. The van der Waals surface area contributed by atoms with Crippen LogP contribution in [0.1, 0.15) is 19.5 Å². The van der Waals surface area contributed by atoms with Gasteiger partial charge in [0, 0.05) is 19.3 Å². The number of ether oxygens (including phenoxy) is 1. The van der Waals surface area contributed by atoms with Crippen LogP contribution >= 0.6 is 0 Å². The van der Waals surface area contributed by atoms with Crippen molar-refractivity contribution < 1.29 is 9.84 Å². The molecule has 17 heavy (non-hydrogen) atoms. The molecule has 1 aromatic rings. The van der Waals surface area contributed by atoms with Gasteiger partial charge >= 0.3 is 0 Å². The Hall–Kier alpha value is -0.910. The molecule has 0 aromatic carbocycles. The first-order valence-corrected chi connectivity index (χ1v) is 6.12. The molecule has 5 heteroatoms. The van der Waals surface area contributed by atoms with Gasteiger partial charge in [0.2, 0.25) is 0 Å². The van der Waals surface area contributed by atoms with Crippen molar-refractivity contribution in [2.75, 3.05) is 26.4 Å². The van der Waals surface area contributed by atoms with E-state index in [0.29, 0.717) is 19.1 Å². The number of nitrogens with zero attached hydrogens (tertiary/aromatic N) is 2.